The van der Waals surface area contributed by atoms with Gasteiger partial charge in [0.15, 0.2) is 0 Å². The molecule has 0 radical (unpaired) electrons. The van der Waals surface area contributed by atoms with Crippen molar-refractivity contribution in [1.29, 1.82) is 0 Å². The molecule has 0 spiro atoms. The number of hydrogen-bond donors (Lipinski definition) is 1. The second-order valence-corrected chi connectivity index (χ2v) is 6.58. The van der Waals surface area contributed by atoms with Crippen LogP contribution in [0.3, 0.4) is 0 Å². The molecule has 1 N–H and O–H groups in total. The highest BCUT2D eigenvalue weighted by Crippen LogP contribution is 2.28. The van der Waals surface area contributed by atoms with Gasteiger partial charge in [-0.2, -0.15) is 14.6 Å². The number of nitrogens with zero attached hydrogens (tertiary/aromatic N) is 3. The van der Waals surface area contributed by atoms with Crippen molar-refractivity contribution in [3.8, 4) is 5.88 Å². The van der Waals surface area contributed by atoms with Gasteiger partial charge in [-0.05, 0) is 12.3 Å². The smallest absolute Gasteiger partial charge is 0.278 e. The Kier molecular flexibility index (Phi) is 4.00. The summed E-state index contributed by atoms with van der Waals surface area (Å²) in [7, 11) is 0. The summed E-state index contributed by atoms with van der Waals surface area (Å²) in [6, 6.07) is 1.10. The maximum atomic E-state index is 11.6. The summed E-state index contributed by atoms with van der Waals surface area (Å²) in [6.07, 6.45) is 10.2. The average molecular weight is 293 g/mol. The Labute approximate surface area is 121 Å². The van der Waals surface area contributed by atoms with Crippen molar-refractivity contribution in [3.05, 3.63) is 21.4 Å². The highest BCUT2D eigenvalue weighted by atomic mass is 32.1. The molecule has 0 unspecified atom stereocenters. The van der Waals surface area contributed by atoms with Gasteiger partial charge in [0.05, 0.1) is 6.07 Å². The van der Waals surface area contributed by atoms with E-state index in [0.29, 0.717) is 4.96 Å². The molecule has 5 nitrogen and oxygen atoms in total. The van der Waals surface area contributed by atoms with Gasteiger partial charge in [-0.25, -0.2) is 0 Å². The molecule has 1 aliphatic carbocycles. The molecule has 0 amide bonds. The van der Waals surface area contributed by atoms with E-state index in [1.807, 2.05) is 0 Å². The van der Waals surface area contributed by atoms with Crippen LogP contribution < -0.4 is 5.56 Å². The fraction of sp³-hybridized carbons (Fsp3) is 0.643. The molecule has 0 atom stereocenters. The van der Waals surface area contributed by atoms with Gasteiger partial charge in [0, 0.05) is 6.42 Å². The molecule has 0 aliphatic heterocycles. The molecular weight excluding hydrogens is 274 g/mol. The van der Waals surface area contributed by atoms with Crippen LogP contribution in [0.4, 0.5) is 0 Å². The first-order chi connectivity index (χ1) is 9.72. The minimum absolute atomic E-state index is 0.229. The lowest BCUT2D eigenvalue weighted by molar-refractivity contribution is 0.332. The van der Waals surface area contributed by atoms with Gasteiger partial charge in [-0.1, -0.05) is 49.9 Å². The lowest BCUT2D eigenvalue weighted by Gasteiger charge is -2.20. The van der Waals surface area contributed by atoms with Crippen LogP contribution in [0.15, 0.2) is 10.9 Å². The summed E-state index contributed by atoms with van der Waals surface area (Å²) in [5, 5.41) is 14.5. The number of aryl methyl sites for hydroxylation is 1. The minimum Gasteiger partial charge on any atom is -0.493 e. The summed E-state index contributed by atoms with van der Waals surface area (Å²) in [6.45, 7) is 0. The van der Waals surface area contributed by atoms with Gasteiger partial charge in [0.25, 0.3) is 5.56 Å². The van der Waals surface area contributed by atoms with Crippen molar-refractivity contribution in [2.45, 2.75) is 51.4 Å². The topological polar surface area (TPSA) is 67.5 Å². The van der Waals surface area contributed by atoms with E-state index in [1.165, 1.54) is 54.4 Å². The van der Waals surface area contributed by atoms with Crippen molar-refractivity contribution in [2.24, 2.45) is 5.92 Å². The van der Waals surface area contributed by atoms with E-state index in [4.69, 9.17) is 0 Å². The first kappa shape index (κ1) is 13.5. The number of aromatic hydroxyl groups is 1. The summed E-state index contributed by atoms with van der Waals surface area (Å²) >= 11 is 1.39. The van der Waals surface area contributed by atoms with E-state index in [1.54, 1.807) is 0 Å². The zero-order valence-electron chi connectivity index (χ0n) is 11.4. The third-order valence-electron chi connectivity index (χ3n) is 4.00. The van der Waals surface area contributed by atoms with Crippen molar-refractivity contribution in [1.82, 2.24) is 14.6 Å². The van der Waals surface area contributed by atoms with Crippen molar-refractivity contribution in [2.75, 3.05) is 0 Å². The summed E-state index contributed by atoms with van der Waals surface area (Å²) in [5.74, 6) is 0.649. The van der Waals surface area contributed by atoms with Gasteiger partial charge < -0.3 is 5.11 Å². The minimum atomic E-state index is -0.317. The number of aromatic nitrogens is 3. The van der Waals surface area contributed by atoms with E-state index < -0.39 is 0 Å². The second-order valence-electron chi connectivity index (χ2n) is 5.54. The van der Waals surface area contributed by atoms with Gasteiger partial charge in [0.1, 0.15) is 5.01 Å². The Hall–Kier alpha value is -1.43. The predicted octanol–water partition coefficient (Wildman–Crippen LogP) is 2.76. The highest BCUT2D eigenvalue weighted by Gasteiger charge is 2.14. The quantitative estimate of drug-likeness (QED) is 0.941. The van der Waals surface area contributed by atoms with Crippen LogP contribution in [0.2, 0.25) is 0 Å². The van der Waals surface area contributed by atoms with Gasteiger partial charge in [-0.3, -0.25) is 4.79 Å². The first-order valence-corrected chi connectivity index (χ1v) is 8.13. The lowest BCUT2D eigenvalue weighted by Crippen LogP contribution is -2.13. The monoisotopic (exact) mass is 293 g/mol. The standard InChI is InChI=1S/C14H19N3O2S/c18-11-9-13(19)17-14(15-11)20-12(16-17)8-4-7-10-5-2-1-3-6-10/h9-10,18H,1-8H2. The molecule has 2 aromatic rings. The van der Waals surface area contributed by atoms with Crippen LogP contribution in [0.1, 0.15) is 50.0 Å². The third-order valence-corrected chi connectivity index (χ3v) is 4.97. The van der Waals surface area contributed by atoms with Crippen molar-refractivity contribution < 1.29 is 5.11 Å². The molecule has 1 fully saturated rings. The third kappa shape index (κ3) is 3.00. The zero-order valence-corrected chi connectivity index (χ0v) is 12.2. The summed E-state index contributed by atoms with van der Waals surface area (Å²) in [5.41, 5.74) is -0.317. The van der Waals surface area contributed by atoms with Crippen LogP contribution >= 0.6 is 11.3 Å². The molecule has 20 heavy (non-hydrogen) atoms. The van der Waals surface area contributed by atoms with Crippen LogP contribution in [0.25, 0.3) is 4.96 Å². The average Bonchev–Trinajstić information content (AvgIpc) is 2.83. The lowest BCUT2D eigenvalue weighted by atomic mass is 9.86. The Morgan fingerprint density at radius 1 is 1.35 bits per heavy atom. The van der Waals surface area contributed by atoms with Gasteiger partial charge in [0.2, 0.25) is 10.8 Å². The Balaban J connectivity index is 1.63. The van der Waals surface area contributed by atoms with Gasteiger partial charge >= 0.3 is 0 Å². The van der Waals surface area contributed by atoms with Gasteiger partial charge in [-0.15, -0.1) is 0 Å². The van der Waals surface area contributed by atoms with E-state index in [9.17, 15) is 9.90 Å². The highest BCUT2D eigenvalue weighted by molar-refractivity contribution is 7.16. The molecule has 3 rings (SSSR count). The number of fused-ring (bicyclic) bond motifs is 1. The maximum absolute atomic E-state index is 11.6. The second kappa shape index (κ2) is 5.91. The number of rotatable bonds is 4. The van der Waals surface area contributed by atoms with Crippen molar-refractivity contribution >= 4 is 16.3 Å². The molecule has 1 saturated carbocycles. The molecule has 108 valence electrons. The summed E-state index contributed by atoms with van der Waals surface area (Å²) < 4.78 is 1.28. The molecule has 2 heterocycles. The number of hydrogen-bond acceptors (Lipinski definition) is 5. The Morgan fingerprint density at radius 2 is 2.15 bits per heavy atom. The van der Waals surface area contributed by atoms with Crippen LogP contribution in [-0.4, -0.2) is 19.7 Å². The molecular formula is C14H19N3O2S. The summed E-state index contributed by atoms with van der Waals surface area (Å²) in [4.78, 5) is 16.0. The van der Waals surface area contributed by atoms with E-state index in [0.717, 1.165) is 29.8 Å². The molecule has 1 aliphatic rings. The first-order valence-electron chi connectivity index (χ1n) is 7.31. The maximum Gasteiger partial charge on any atom is 0.278 e. The van der Waals surface area contributed by atoms with Crippen molar-refractivity contribution in [3.63, 3.8) is 0 Å². The normalized spacial score (nSPS) is 16.8. The molecule has 0 bridgehead atoms. The Bertz CT molecular complexity index is 643. The molecule has 0 aromatic carbocycles. The fourth-order valence-corrected chi connectivity index (χ4v) is 3.89. The fourth-order valence-electron chi connectivity index (χ4n) is 2.96. The predicted molar refractivity (Wildman–Crippen MR) is 78.3 cm³/mol. The van der Waals surface area contributed by atoms with Crippen LogP contribution in [-0.2, 0) is 6.42 Å². The SMILES string of the molecule is O=c1cc(O)nc2sc(CCCC3CCCCC3)nn12. The van der Waals surface area contributed by atoms with Crippen LogP contribution in [0.5, 0.6) is 5.88 Å². The van der Waals surface area contributed by atoms with Crippen LogP contribution in [0, 0.1) is 5.92 Å². The largest absolute Gasteiger partial charge is 0.493 e. The van der Waals surface area contributed by atoms with E-state index in [-0.39, 0.29) is 11.4 Å². The molecule has 6 heteroatoms. The van der Waals surface area contributed by atoms with E-state index in [2.05, 4.69) is 10.1 Å². The van der Waals surface area contributed by atoms with E-state index >= 15 is 0 Å². The zero-order chi connectivity index (χ0) is 13.9. The molecule has 2 aromatic heterocycles. The Morgan fingerprint density at radius 3 is 2.95 bits per heavy atom. The molecule has 0 saturated heterocycles.